The predicted molar refractivity (Wildman–Crippen MR) is 97.6 cm³/mol. The lowest BCUT2D eigenvalue weighted by Gasteiger charge is -2.34. The average molecular weight is 433 g/mol. The maximum atomic E-state index is 12.7. The molecule has 0 radical (unpaired) electrons. The summed E-state index contributed by atoms with van der Waals surface area (Å²) in [5, 5.41) is 0.504. The monoisotopic (exact) mass is 432 g/mol. The summed E-state index contributed by atoms with van der Waals surface area (Å²) in [5.74, 6) is -0.233. The first-order chi connectivity index (χ1) is 13.1. The van der Waals surface area contributed by atoms with Crippen molar-refractivity contribution in [2.75, 3.05) is 26.2 Å². The van der Waals surface area contributed by atoms with Gasteiger partial charge >= 0.3 is 6.18 Å². The van der Waals surface area contributed by atoms with Crippen LogP contribution in [0.25, 0.3) is 0 Å². The van der Waals surface area contributed by atoms with E-state index in [0.717, 1.165) is 24.3 Å². The summed E-state index contributed by atoms with van der Waals surface area (Å²) in [6.07, 6.45) is -4.53. The Hall–Kier alpha value is -2.10. The lowest BCUT2D eigenvalue weighted by Crippen LogP contribution is -2.50. The molecule has 1 aliphatic rings. The van der Waals surface area contributed by atoms with Crippen LogP contribution in [0.3, 0.4) is 0 Å². The molecule has 0 atom stereocenters. The summed E-state index contributed by atoms with van der Waals surface area (Å²) >= 11 is 5.80. The highest BCUT2D eigenvalue weighted by Crippen LogP contribution is 2.30. The topological polar surface area (TPSA) is 57.7 Å². The van der Waals surface area contributed by atoms with Gasteiger partial charge in [-0.2, -0.15) is 17.5 Å². The third-order valence-corrected chi connectivity index (χ3v) is 6.60. The summed E-state index contributed by atoms with van der Waals surface area (Å²) < 4.78 is 64.4. The van der Waals surface area contributed by atoms with Crippen LogP contribution in [0.15, 0.2) is 53.4 Å². The van der Waals surface area contributed by atoms with Crippen LogP contribution in [0.2, 0.25) is 5.02 Å². The molecule has 5 nitrogen and oxygen atoms in total. The number of alkyl halides is 3. The van der Waals surface area contributed by atoms with Gasteiger partial charge in [0.15, 0.2) is 0 Å². The third-order valence-electron chi connectivity index (χ3n) is 4.44. The van der Waals surface area contributed by atoms with E-state index < -0.39 is 21.8 Å². The summed E-state index contributed by atoms with van der Waals surface area (Å²) in [6, 6.07) is 9.76. The molecule has 1 heterocycles. The van der Waals surface area contributed by atoms with E-state index in [9.17, 15) is 26.4 Å². The molecule has 28 heavy (non-hydrogen) atoms. The first kappa shape index (κ1) is 20.6. The number of sulfonamides is 1. The van der Waals surface area contributed by atoms with Crippen LogP contribution in [0.1, 0.15) is 15.9 Å². The Balaban J connectivity index is 1.68. The first-order valence-electron chi connectivity index (χ1n) is 8.31. The minimum Gasteiger partial charge on any atom is -0.336 e. The van der Waals surface area contributed by atoms with Gasteiger partial charge in [-0.3, -0.25) is 4.79 Å². The van der Waals surface area contributed by atoms with Crippen molar-refractivity contribution < 1.29 is 26.4 Å². The maximum Gasteiger partial charge on any atom is 0.416 e. The molecule has 0 N–H and O–H groups in total. The van der Waals surface area contributed by atoms with Crippen molar-refractivity contribution in [2.24, 2.45) is 0 Å². The van der Waals surface area contributed by atoms with Crippen LogP contribution >= 0.6 is 11.6 Å². The fraction of sp³-hybridized carbons (Fsp3) is 0.278. The highest BCUT2D eigenvalue weighted by atomic mass is 35.5. The Morgan fingerprint density at radius 3 is 1.93 bits per heavy atom. The number of carbonyl (C=O) groups is 1. The molecule has 2 aromatic carbocycles. The number of carbonyl (C=O) groups excluding carboxylic acids is 1. The molecule has 1 amide bonds. The zero-order chi connectivity index (χ0) is 20.5. The van der Waals surface area contributed by atoms with Crippen molar-refractivity contribution in [3.8, 4) is 0 Å². The molecule has 150 valence electrons. The Morgan fingerprint density at radius 2 is 1.43 bits per heavy atom. The Morgan fingerprint density at radius 1 is 0.893 bits per heavy atom. The summed E-state index contributed by atoms with van der Waals surface area (Å²) in [4.78, 5) is 13.8. The molecular weight excluding hydrogens is 417 g/mol. The van der Waals surface area contributed by atoms with Gasteiger partial charge < -0.3 is 4.90 Å². The highest BCUT2D eigenvalue weighted by Gasteiger charge is 2.33. The van der Waals surface area contributed by atoms with Crippen molar-refractivity contribution in [3.05, 3.63) is 64.7 Å². The third kappa shape index (κ3) is 4.31. The Kier molecular flexibility index (Phi) is 5.69. The van der Waals surface area contributed by atoms with Gasteiger partial charge in [0.05, 0.1) is 10.5 Å². The molecular formula is C18H16ClF3N2O3S. The van der Waals surface area contributed by atoms with Gasteiger partial charge in [0.1, 0.15) is 0 Å². The second kappa shape index (κ2) is 7.73. The van der Waals surface area contributed by atoms with Crippen molar-refractivity contribution in [3.63, 3.8) is 0 Å². The number of piperazine rings is 1. The number of benzene rings is 2. The van der Waals surface area contributed by atoms with Crippen molar-refractivity contribution in [2.45, 2.75) is 11.1 Å². The van der Waals surface area contributed by atoms with E-state index in [4.69, 9.17) is 11.6 Å². The molecule has 1 aliphatic heterocycles. The van der Waals surface area contributed by atoms with E-state index >= 15 is 0 Å². The number of rotatable bonds is 3. The first-order valence-corrected chi connectivity index (χ1v) is 10.1. The number of nitrogens with zero attached hydrogens (tertiary/aromatic N) is 2. The van der Waals surface area contributed by atoms with Crippen LogP contribution in [0, 0.1) is 0 Å². The second-order valence-electron chi connectivity index (χ2n) is 6.23. The lowest BCUT2D eigenvalue weighted by atomic mass is 10.2. The largest absolute Gasteiger partial charge is 0.416 e. The summed E-state index contributed by atoms with van der Waals surface area (Å²) in [5.41, 5.74) is -0.465. The van der Waals surface area contributed by atoms with E-state index in [1.54, 1.807) is 24.3 Å². The standard InChI is InChI=1S/C18H16ClF3N2O3S/c19-15-5-1-13(2-6-15)17(25)23-9-11-24(12-10-23)28(26,27)16-7-3-14(4-8-16)18(20,21)22/h1-8H,9-12H2. The molecule has 10 heteroatoms. The molecule has 0 saturated carbocycles. The molecule has 1 saturated heterocycles. The van der Waals surface area contributed by atoms with Crippen LogP contribution in [0.5, 0.6) is 0 Å². The minimum atomic E-state index is -4.53. The molecule has 0 aromatic heterocycles. The number of halogens is 4. The number of hydrogen-bond acceptors (Lipinski definition) is 3. The van der Waals surface area contributed by atoms with Gasteiger partial charge in [-0.25, -0.2) is 8.42 Å². The van der Waals surface area contributed by atoms with Gasteiger partial charge in [-0.05, 0) is 48.5 Å². The normalized spacial score (nSPS) is 16.2. The second-order valence-corrected chi connectivity index (χ2v) is 8.60. The van der Waals surface area contributed by atoms with Crippen LogP contribution in [-0.4, -0.2) is 49.7 Å². The van der Waals surface area contributed by atoms with E-state index in [1.165, 1.54) is 9.21 Å². The van der Waals surface area contributed by atoms with Crippen molar-refractivity contribution in [1.82, 2.24) is 9.21 Å². The fourth-order valence-electron chi connectivity index (χ4n) is 2.87. The van der Waals surface area contributed by atoms with Crippen molar-refractivity contribution >= 4 is 27.5 Å². The zero-order valence-corrected chi connectivity index (χ0v) is 16.1. The minimum absolute atomic E-state index is 0.0582. The van der Waals surface area contributed by atoms with Gasteiger partial charge in [0.25, 0.3) is 5.91 Å². The van der Waals surface area contributed by atoms with Crippen molar-refractivity contribution in [1.29, 1.82) is 0 Å². The molecule has 0 spiro atoms. The fourth-order valence-corrected chi connectivity index (χ4v) is 4.42. The van der Waals surface area contributed by atoms with Crippen LogP contribution in [-0.2, 0) is 16.2 Å². The molecule has 1 fully saturated rings. The van der Waals surface area contributed by atoms with E-state index in [-0.39, 0.29) is 37.0 Å². The molecule has 3 rings (SSSR count). The Bertz CT molecular complexity index is 953. The zero-order valence-electron chi connectivity index (χ0n) is 14.5. The van der Waals surface area contributed by atoms with E-state index in [1.807, 2.05) is 0 Å². The molecule has 2 aromatic rings. The molecule has 0 bridgehead atoms. The maximum absolute atomic E-state index is 12.7. The Labute approximate surface area is 165 Å². The SMILES string of the molecule is O=C(c1ccc(Cl)cc1)N1CCN(S(=O)(=O)c2ccc(C(F)(F)F)cc2)CC1. The van der Waals surface area contributed by atoms with Gasteiger partial charge in [-0.15, -0.1) is 0 Å². The number of amides is 1. The van der Waals surface area contributed by atoms with Gasteiger partial charge in [0, 0.05) is 36.8 Å². The molecule has 0 aliphatic carbocycles. The van der Waals surface area contributed by atoms with Gasteiger partial charge in [0.2, 0.25) is 10.0 Å². The number of hydrogen-bond donors (Lipinski definition) is 0. The highest BCUT2D eigenvalue weighted by molar-refractivity contribution is 7.89. The summed E-state index contributed by atoms with van der Waals surface area (Å²) in [6.45, 7) is 0.480. The van der Waals surface area contributed by atoms with Crippen LogP contribution < -0.4 is 0 Å². The van der Waals surface area contributed by atoms with Crippen LogP contribution in [0.4, 0.5) is 13.2 Å². The van der Waals surface area contributed by atoms with E-state index in [0.29, 0.717) is 10.6 Å². The summed E-state index contributed by atoms with van der Waals surface area (Å²) in [7, 11) is -3.93. The molecule has 0 unspecified atom stereocenters. The lowest BCUT2D eigenvalue weighted by molar-refractivity contribution is -0.137. The smallest absolute Gasteiger partial charge is 0.336 e. The van der Waals surface area contributed by atoms with Gasteiger partial charge in [-0.1, -0.05) is 11.6 Å². The quantitative estimate of drug-likeness (QED) is 0.745. The van der Waals surface area contributed by atoms with E-state index in [2.05, 4.69) is 0 Å². The predicted octanol–water partition coefficient (Wildman–Crippen LogP) is 3.51. The average Bonchev–Trinajstić information content (AvgIpc) is 2.67.